The van der Waals surface area contributed by atoms with Crippen molar-refractivity contribution in [1.82, 2.24) is 4.98 Å². The van der Waals surface area contributed by atoms with Crippen LogP contribution in [0, 0.1) is 9.52 Å². The van der Waals surface area contributed by atoms with Gasteiger partial charge in [0.15, 0.2) is 0 Å². The molecule has 1 rings (SSSR count). The van der Waals surface area contributed by atoms with Crippen LogP contribution in [0.15, 0.2) is 6.07 Å². The Morgan fingerprint density at radius 2 is 2.14 bits per heavy atom. The highest BCUT2D eigenvalue weighted by atomic mass is 127. The van der Waals surface area contributed by atoms with Gasteiger partial charge in [-0.3, -0.25) is 4.79 Å². The van der Waals surface area contributed by atoms with E-state index in [2.05, 4.69) is 4.98 Å². The maximum absolute atomic E-state index is 12.7. The van der Waals surface area contributed by atoms with Crippen molar-refractivity contribution in [3.8, 4) is 0 Å². The van der Waals surface area contributed by atoms with Crippen LogP contribution in [0.3, 0.4) is 0 Å². The summed E-state index contributed by atoms with van der Waals surface area (Å²) in [5.74, 6) is -2.18. The summed E-state index contributed by atoms with van der Waals surface area (Å²) in [6.07, 6.45) is -2.91. The monoisotopic (exact) mass is 316 g/mol. The summed E-state index contributed by atoms with van der Waals surface area (Å²) in [5.41, 5.74) is 3.44. The Labute approximate surface area is 90.6 Å². The fraction of sp³-hybridized carbons (Fsp3) is 0.143. The van der Waals surface area contributed by atoms with Gasteiger partial charge in [0.25, 0.3) is 12.3 Å². The molecule has 3 nitrogen and oxygen atoms in total. The van der Waals surface area contributed by atoms with Crippen molar-refractivity contribution in [2.24, 2.45) is 5.73 Å². The lowest BCUT2D eigenvalue weighted by atomic mass is 10.2. The van der Waals surface area contributed by atoms with Gasteiger partial charge in [0.05, 0.1) is 5.56 Å². The predicted octanol–water partition coefficient (Wildman–Crippen LogP) is 1.86. The Hall–Kier alpha value is -0.860. The highest BCUT2D eigenvalue weighted by Gasteiger charge is 2.22. The summed E-state index contributed by atoms with van der Waals surface area (Å²) < 4.78 is 37.4. The molecule has 1 aromatic heterocycles. The van der Waals surface area contributed by atoms with Gasteiger partial charge < -0.3 is 5.73 Å². The predicted molar refractivity (Wildman–Crippen MR) is 50.4 cm³/mol. The van der Waals surface area contributed by atoms with Gasteiger partial charge in [0.2, 0.25) is 5.95 Å². The van der Waals surface area contributed by atoms with Gasteiger partial charge in [0, 0.05) is 9.64 Å². The van der Waals surface area contributed by atoms with Gasteiger partial charge in [-0.25, -0.2) is 13.8 Å². The molecule has 0 saturated heterocycles. The van der Waals surface area contributed by atoms with Crippen LogP contribution in [0.4, 0.5) is 13.2 Å². The van der Waals surface area contributed by atoms with Crippen LogP contribution in [0.1, 0.15) is 22.5 Å². The number of rotatable bonds is 2. The molecule has 0 unspecified atom stereocenters. The van der Waals surface area contributed by atoms with Gasteiger partial charge >= 0.3 is 0 Å². The van der Waals surface area contributed by atoms with E-state index in [4.69, 9.17) is 5.73 Å². The normalized spacial score (nSPS) is 10.6. The Kier molecular flexibility index (Phi) is 3.29. The highest BCUT2D eigenvalue weighted by Crippen LogP contribution is 2.27. The zero-order valence-corrected chi connectivity index (χ0v) is 8.76. The molecular formula is C7H4F3IN2O. The number of nitrogens with two attached hydrogens (primary N) is 1. The summed E-state index contributed by atoms with van der Waals surface area (Å²) in [7, 11) is 0. The first-order valence-corrected chi connectivity index (χ1v) is 4.45. The van der Waals surface area contributed by atoms with Gasteiger partial charge in [-0.2, -0.15) is 4.39 Å². The van der Waals surface area contributed by atoms with E-state index in [0.717, 1.165) is 6.07 Å². The molecule has 7 heteroatoms. The maximum atomic E-state index is 12.7. The van der Waals surface area contributed by atoms with Crippen LogP contribution in [0.25, 0.3) is 0 Å². The second-order valence-electron chi connectivity index (χ2n) is 2.35. The van der Waals surface area contributed by atoms with Crippen LogP contribution in [-0.4, -0.2) is 10.9 Å². The number of carbonyl (C=O) groups excluding carboxylic acids is 1. The molecule has 0 aliphatic carbocycles. The molecule has 0 bridgehead atoms. The van der Waals surface area contributed by atoms with E-state index < -0.39 is 29.5 Å². The average Bonchev–Trinajstić information content (AvgIpc) is 2.01. The number of alkyl halides is 2. The van der Waals surface area contributed by atoms with E-state index in [-0.39, 0.29) is 3.57 Å². The second kappa shape index (κ2) is 4.11. The SMILES string of the molecule is NC(=O)c1nc(F)cc(I)c1C(F)F. The van der Waals surface area contributed by atoms with Gasteiger partial charge in [-0.15, -0.1) is 0 Å². The van der Waals surface area contributed by atoms with Crippen LogP contribution in [0.2, 0.25) is 0 Å². The van der Waals surface area contributed by atoms with Crippen molar-refractivity contribution in [2.45, 2.75) is 6.43 Å². The topological polar surface area (TPSA) is 56.0 Å². The Morgan fingerprint density at radius 1 is 1.57 bits per heavy atom. The number of pyridine rings is 1. The van der Waals surface area contributed by atoms with Crippen molar-refractivity contribution in [1.29, 1.82) is 0 Å². The Morgan fingerprint density at radius 3 is 2.57 bits per heavy atom. The van der Waals surface area contributed by atoms with Crippen molar-refractivity contribution >= 4 is 28.5 Å². The molecular weight excluding hydrogens is 312 g/mol. The van der Waals surface area contributed by atoms with Crippen LogP contribution in [-0.2, 0) is 0 Å². The number of hydrogen-bond donors (Lipinski definition) is 1. The smallest absolute Gasteiger partial charge is 0.267 e. The molecule has 0 saturated carbocycles. The van der Waals surface area contributed by atoms with Crippen molar-refractivity contribution in [2.75, 3.05) is 0 Å². The summed E-state index contributed by atoms with van der Waals surface area (Å²) in [6.45, 7) is 0. The first kappa shape index (κ1) is 11.2. The van der Waals surface area contributed by atoms with E-state index in [1.165, 1.54) is 22.6 Å². The lowest BCUT2D eigenvalue weighted by Gasteiger charge is -2.06. The first-order valence-electron chi connectivity index (χ1n) is 3.37. The molecule has 1 amide bonds. The lowest BCUT2D eigenvalue weighted by Crippen LogP contribution is -2.18. The number of primary amides is 1. The van der Waals surface area contributed by atoms with Crippen molar-refractivity contribution in [3.63, 3.8) is 0 Å². The Bertz CT molecular complexity index is 383. The maximum Gasteiger partial charge on any atom is 0.267 e. The molecule has 1 heterocycles. The number of hydrogen-bond acceptors (Lipinski definition) is 2. The van der Waals surface area contributed by atoms with E-state index >= 15 is 0 Å². The van der Waals surface area contributed by atoms with Crippen molar-refractivity contribution < 1.29 is 18.0 Å². The van der Waals surface area contributed by atoms with Crippen LogP contribution in [0.5, 0.6) is 0 Å². The number of carbonyl (C=O) groups is 1. The fourth-order valence-electron chi connectivity index (χ4n) is 0.890. The molecule has 14 heavy (non-hydrogen) atoms. The summed E-state index contributed by atoms with van der Waals surface area (Å²) in [5, 5.41) is 0. The van der Waals surface area contributed by atoms with Gasteiger partial charge in [-0.05, 0) is 22.6 Å². The van der Waals surface area contributed by atoms with E-state index in [1.807, 2.05) is 0 Å². The van der Waals surface area contributed by atoms with Crippen LogP contribution >= 0.6 is 22.6 Å². The first-order chi connectivity index (χ1) is 6.43. The molecule has 0 spiro atoms. The fourth-order valence-corrected chi connectivity index (χ4v) is 1.64. The molecule has 2 N–H and O–H groups in total. The minimum absolute atomic E-state index is 0.0705. The average molecular weight is 316 g/mol. The summed E-state index contributed by atoms with van der Waals surface area (Å²) in [4.78, 5) is 13.7. The summed E-state index contributed by atoms with van der Waals surface area (Å²) >= 11 is 1.49. The number of aromatic nitrogens is 1. The van der Waals surface area contributed by atoms with Gasteiger partial charge in [-0.1, -0.05) is 0 Å². The zero-order chi connectivity index (χ0) is 10.9. The number of nitrogens with zero attached hydrogens (tertiary/aromatic N) is 1. The van der Waals surface area contributed by atoms with Gasteiger partial charge in [0.1, 0.15) is 5.69 Å². The minimum atomic E-state index is -2.91. The van der Waals surface area contributed by atoms with Crippen molar-refractivity contribution in [3.05, 3.63) is 26.8 Å². The molecule has 76 valence electrons. The molecule has 0 aromatic carbocycles. The second-order valence-corrected chi connectivity index (χ2v) is 3.52. The molecule has 0 aliphatic rings. The third-order valence-electron chi connectivity index (χ3n) is 1.43. The third-order valence-corrected chi connectivity index (χ3v) is 2.32. The van der Waals surface area contributed by atoms with E-state index in [1.54, 1.807) is 0 Å². The molecule has 0 atom stereocenters. The lowest BCUT2D eigenvalue weighted by molar-refractivity contribution is 0.0978. The minimum Gasteiger partial charge on any atom is -0.364 e. The quantitative estimate of drug-likeness (QED) is 0.669. The van der Waals surface area contributed by atoms with E-state index in [9.17, 15) is 18.0 Å². The largest absolute Gasteiger partial charge is 0.364 e. The zero-order valence-electron chi connectivity index (χ0n) is 6.60. The Balaban J connectivity index is 3.44. The number of amides is 1. The molecule has 0 aliphatic heterocycles. The van der Waals surface area contributed by atoms with Crippen LogP contribution < -0.4 is 5.73 Å². The summed E-state index contributed by atoms with van der Waals surface area (Å²) in [6, 6.07) is 0.814. The molecule has 0 radical (unpaired) electrons. The standard InChI is InChI=1S/C7H4F3IN2O/c8-3-1-2(11)4(6(9)10)5(13-3)7(12)14/h1,6H,(H2,12,14). The van der Waals surface area contributed by atoms with E-state index in [0.29, 0.717) is 0 Å². The molecule has 0 fully saturated rings. The third kappa shape index (κ3) is 2.14. The molecule has 1 aromatic rings. The number of halogens is 4. The highest BCUT2D eigenvalue weighted by molar-refractivity contribution is 14.1.